The summed E-state index contributed by atoms with van der Waals surface area (Å²) in [6.45, 7) is 3.87. The van der Waals surface area contributed by atoms with E-state index in [0.717, 1.165) is 5.69 Å². The van der Waals surface area contributed by atoms with Crippen molar-refractivity contribution in [1.82, 2.24) is 5.43 Å². The molecule has 0 unspecified atom stereocenters. The zero-order valence-corrected chi connectivity index (χ0v) is 17.0. The Balaban J connectivity index is 1.94. The van der Waals surface area contributed by atoms with E-state index in [1.165, 1.54) is 13.3 Å². The van der Waals surface area contributed by atoms with Gasteiger partial charge in [0.15, 0.2) is 11.5 Å². The van der Waals surface area contributed by atoms with E-state index < -0.39 is 0 Å². The molecule has 0 saturated heterocycles. The highest BCUT2D eigenvalue weighted by Crippen LogP contribution is 2.36. The highest BCUT2D eigenvalue weighted by atomic mass is 35.5. The van der Waals surface area contributed by atoms with Gasteiger partial charge in [0.05, 0.1) is 38.1 Å². The highest BCUT2D eigenvalue weighted by molar-refractivity contribution is 6.32. The molecule has 8 heteroatoms. The van der Waals surface area contributed by atoms with Gasteiger partial charge in [-0.15, -0.1) is 0 Å². The van der Waals surface area contributed by atoms with E-state index in [2.05, 4.69) is 15.8 Å². The maximum Gasteiger partial charge on any atom is 0.259 e. The Morgan fingerprint density at radius 2 is 2.00 bits per heavy atom. The lowest BCUT2D eigenvalue weighted by molar-refractivity contribution is -0.119. The first-order chi connectivity index (χ1) is 13.4. The molecule has 0 spiro atoms. The lowest BCUT2D eigenvalue weighted by atomic mass is 10.2. The van der Waals surface area contributed by atoms with Crippen molar-refractivity contribution in [3.05, 3.63) is 47.0 Å². The van der Waals surface area contributed by atoms with E-state index in [-0.39, 0.29) is 18.6 Å². The van der Waals surface area contributed by atoms with Crippen LogP contribution in [-0.4, -0.2) is 39.0 Å². The normalized spacial score (nSPS) is 10.8. The lowest BCUT2D eigenvalue weighted by Crippen LogP contribution is -2.25. The summed E-state index contributed by atoms with van der Waals surface area (Å²) in [5, 5.41) is 7.35. The van der Waals surface area contributed by atoms with Crippen molar-refractivity contribution in [2.24, 2.45) is 5.10 Å². The number of methoxy groups -OCH3 is 2. The van der Waals surface area contributed by atoms with E-state index in [1.54, 1.807) is 25.3 Å². The maximum absolute atomic E-state index is 11.9. The molecule has 0 aliphatic heterocycles. The molecule has 0 heterocycles. The Hall–Kier alpha value is -2.93. The Bertz CT molecular complexity index is 840. The van der Waals surface area contributed by atoms with Crippen molar-refractivity contribution in [3.63, 3.8) is 0 Å². The van der Waals surface area contributed by atoms with Gasteiger partial charge in [-0.3, -0.25) is 4.79 Å². The van der Waals surface area contributed by atoms with Gasteiger partial charge in [-0.2, -0.15) is 5.10 Å². The van der Waals surface area contributed by atoms with E-state index >= 15 is 0 Å². The molecule has 28 heavy (non-hydrogen) atoms. The number of hydrazone groups is 1. The van der Waals surface area contributed by atoms with Crippen LogP contribution >= 0.6 is 11.6 Å². The number of hydrogen-bond donors (Lipinski definition) is 2. The van der Waals surface area contributed by atoms with Crippen LogP contribution in [0.2, 0.25) is 5.02 Å². The van der Waals surface area contributed by atoms with Crippen molar-refractivity contribution in [2.45, 2.75) is 20.0 Å². The van der Waals surface area contributed by atoms with Crippen molar-refractivity contribution >= 4 is 29.4 Å². The van der Waals surface area contributed by atoms with Crippen LogP contribution in [0, 0.1) is 0 Å². The number of rotatable bonds is 9. The van der Waals surface area contributed by atoms with Crippen LogP contribution in [0.5, 0.6) is 17.2 Å². The highest BCUT2D eigenvalue weighted by Gasteiger charge is 2.13. The number of benzene rings is 2. The molecular weight excluding hydrogens is 382 g/mol. The molecule has 0 aliphatic rings. The predicted octanol–water partition coefficient (Wildman–Crippen LogP) is 3.71. The van der Waals surface area contributed by atoms with Gasteiger partial charge >= 0.3 is 0 Å². The fourth-order valence-electron chi connectivity index (χ4n) is 2.30. The monoisotopic (exact) mass is 405 g/mol. The SMILES string of the molecule is COc1cccc(NCC(=O)N/N=C\c2cc(Cl)c(OC(C)C)c(OC)c2)c1. The van der Waals surface area contributed by atoms with Gasteiger partial charge in [-0.1, -0.05) is 17.7 Å². The first-order valence-corrected chi connectivity index (χ1v) is 9.04. The van der Waals surface area contributed by atoms with E-state index in [0.29, 0.717) is 27.8 Å². The van der Waals surface area contributed by atoms with E-state index in [9.17, 15) is 4.79 Å². The zero-order valence-electron chi connectivity index (χ0n) is 16.3. The third kappa shape index (κ3) is 6.35. The molecule has 1 amide bonds. The summed E-state index contributed by atoms with van der Waals surface area (Å²) < 4.78 is 16.1. The maximum atomic E-state index is 11.9. The quantitative estimate of drug-likeness (QED) is 0.491. The fraction of sp³-hybridized carbons (Fsp3) is 0.300. The van der Waals surface area contributed by atoms with Crippen molar-refractivity contribution in [1.29, 1.82) is 0 Å². The molecule has 0 saturated carbocycles. The van der Waals surface area contributed by atoms with Crippen molar-refractivity contribution < 1.29 is 19.0 Å². The molecule has 2 rings (SSSR count). The van der Waals surface area contributed by atoms with Gasteiger partial charge < -0.3 is 19.5 Å². The van der Waals surface area contributed by atoms with Gasteiger partial charge in [-0.05, 0) is 43.7 Å². The van der Waals surface area contributed by atoms with Crippen LogP contribution in [0.3, 0.4) is 0 Å². The van der Waals surface area contributed by atoms with Gasteiger partial charge in [0.1, 0.15) is 5.75 Å². The number of carbonyl (C=O) groups is 1. The van der Waals surface area contributed by atoms with Gasteiger partial charge in [0.2, 0.25) is 0 Å². The average Bonchev–Trinajstić information content (AvgIpc) is 2.68. The molecule has 0 fully saturated rings. The first kappa shape index (κ1) is 21.4. The number of anilines is 1. The summed E-state index contributed by atoms with van der Waals surface area (Å²) >= 11 is 6.27. The number of nitrogens with zero attached hydrogens (tertiary/aromatic N) is 1. The van der Waals surface area contributed by atoms with Gasteiger partial charge in [0.25, 0.3) is 5.91 Å². The summed E-state index contributed by atoms with van der Waals surface area (Å²) in [6, 6.07) is 10.7. The van der Waals surface area contributed by atoms with Gasteiger partial charge in [0, 0.05) is 11.8 Å². The van der Waals surface area contributed by atoms with Crippen LogP contribution in [0.25, 0.3) is 0 Å². The second-order valence-electron chi connectivity index (χ2n) is 6.08. The number of hydrogen-bond acceptors (Lipinski definition) is 6. The molecule has 2 N–H and O–H groups in total. The minimum absolute atomic E-state index is 0.0395. The van der Waals surface area contributed by atoms with Crippen LogP contribution < -0.4 is 25.0 Å². The number of halogens is 1. The molecule has 0 atom stereocenters. The topological polar surface area (TPSA) is 81.2 Å². The minimum Gasteiger partial charge on any atom is -0.497 e. The molecular formula is C20H24ClN3O4. The van der Waals surface area contributed by atoms with E-state index in [1.807, 2.05) is 32.0 Å². The average molecular weight is 406 g/mol. The second-order valence-corrected chi connectivity index (χ2v) is 6.49. The third-order valence-electron chi connectivity index (χ3n) is 3.53. The van der Waals surface area contributed by atoms with E-state index in [4.69, 9.17) is 25.8 Å². The van der Waals surface area contributed by atoms with Crippen LogP contribution in [0.1, 0.15) is 19.4 Å². The molecule has 0 radical (unpaired) electrons. The zero-order chi connectivity index (χ0) is 20.5. The standard InChI is InChI=1S/C20H24ClN3O4/c1-13(2)28-20-17(21)8-14(9-18(20)27-4)11-23-24-19(25)12-22-15-6-5-7-16(10-15)26-3/h5-11,13,22H,12H2,1-4H3,(H,24,25)/b23-11-. The van der Waals surface area contributed by atoms with Crippen LogP contribution in [0.15, 0.2) is 41.5 Å². The number of carbonyl (C=O) groups excluding carboxylic acids is 1. The first-order valence-electron chi connectivity index (χ1n) is 8.67. The molecule has 2 aromatic rings. The van der Waals surface area contributed by atoms with Crippen LogP contribution in [-0.2, 0) is 4.79 Å². The smallest absolute Gasteiger partial charge is 0.259 e. The lowest BCUT2D eigenvalue weighted by Gasteiger charge is -2.15. The third-order valence-corrected chi connectivity index (χ3v) is 3.81. The second kappa shape index (κ2) is 10.4. The summed E-state index contributed by atoms with van der Waals surface area (Å²) in [6.07, 6.45) is 1.44. The fourth-order valence-corrected chi connectivity index (χ4v) is 2.56. The van der Waals surface area contributed by atoms with Gasteiger partial charge in [-0.25, -0.2) is 5.43 Å². The van der Waals surface area contributed by atoms with Crippen LogP contribution in [0.4, 0.5) is 5.69 Å². The van der Waals surface area contributed by atoms with Crippen molar-refractivity contribution in [3.8, 4) is 17.2 Å². The molecule has 7 nitrogen and oxygen atoms in total. The number of amides is 1. The summed E-state index contributed by atoms with van der Waals surface area (Å²) in [5.41, 5.74) is 3.89. The molecule has 0 aromatic heterocycles. The number of nitrogens with one attached hydrogen (secondary N) is 2. The summed E-state index contributed by atoms with van der Waals surface area (Å²) in [4.78, 5) is 11.9. The molecule has 2 aromatic carbocycles. The predicted molar refractivity (Wildman–Crippen MR) is 111 cm³/mol. The molecule has 0 bridgehead atoms. The minimum atomic E-state index is -0.295. The molecule has 150 valence electrons. The summed E-state index contributed by atoms with van der Waals surface area (Å²) in [7, 11) is 3.12. The summed E-state index contributed by atoms with van der Waals surface area (Å²) in [5.74, 6) is 1.38. The Morgan fingerprint density at radius 1 is 1.21 bits per heavy atom. The Morgan fingerprint density at radius 3 is 2.68 bits per heavy atom. The molecule has 0 aliphatic carbocycles. The Kier molecular flexibility index (Phi) is 7.95. The van der Waals surface area contributed by atoms with Crippen molar-refractivity contribution in [2.75, 3.05) is 26.1 Å². The number of ether oxygens (including phenoxy) is 3. The Labute approximate surface area is 169 Å². The largest absolute Gasteiger partial charge is 0.497 e.